The van der Waals surface area contributed by atoms with Gasteiger partial charge in [-0.15, -0.1) is 0 Å². The number of hydrogen-bond acceptors (Lipinski definition) is 4. The van der Waals surface area contributed by atoms with Crippen molar-refractivity contribution in [3.05, 3.63) is 47.0 Å². The van der Waals surface area contributed by atoms with Gasteiger partial charge in [0.25, 0.3) is 0 Å². The van der Waals surface area contributed by atoms with E-state index in [2.05, 4.69) is 21.7 Å². The van der Waals surface area contributed by atoms with Gasteiger partial charge in [0.1, 0.15) is 5.82 Å². The Labute approximate surface area is 172 Å². The topological polar surface area (TPSA) is 62.6 Å². The Bertz CT molecular complexity index is 855. The lowest BCUT2D eigenvalue weighted by atomic mass is 10.1. The predicted octanol–water partition coefficient (Wildman–Crippen LogP) is 3.02. The average Bonchev–Trinajstić information content (AvgIpc) is 3.05. The molecule has 1 aromatic carbocycles. The van der Waals surface area contributed by atoms with E-state index in [0.717, 1.165) is 62.6 Å². The zero-order valence-corrected chi connectivity index (χ0v) is 17.5. The first-order valence-corrected chi connectivity index (χ1v) is 10.6. The monoisotopic (exact) mass is 397 g/mol. The molecule has 4 rings (SSSR count). The van der Waals surface area contributed by atoms with Gasteiger partial charge in [-0.05, 0) is 25.8 Å². The number of aromatic nitrogens is 2. The number of urea groups is 1. The number of amides is 2. The SMILES string of the molecule is COCc1ccccc1NC(=O)N1CCN(Cc2c(C)nc3n2CCCC3)CC1. The van der Waals surface area contributed by atoms with Crippen LogP contribution in [0.1, 0.15) is 35.6 Å². The van der Waals surface area contributed by atoms with Gasteiger partial charge < -0.3 is 19.5 Å². The first-order valence-electron chi connectivity index (χ1n) is 10.6. The summed E-state index contributed by atoms with van der Waals surface area (Å²) in [6.07, 6.45) is 3.59. The highest BCUT2D eigenvalue weighted by atomic mass is 16.5. The van der Waals surface area contributed by atoms with Crippen molar-refractivity contribution in [1.82, 2.24) is 19.4 Å². The number of imidazole rings is 1. The van der Waals surface area contributed by atoms with Crippen LogP contribution >= 0.6 is 0 Å². The Kier molecular flexibility index (Phi) is 6.16. The van der Waals surface area contributed by atoms with Crippen LogP contribution in [-0.4, -0.2) is 58.7 Å². The molecule has 29 heavy (non-hydrogen) atoms. The van der Waals surface area contributed by atoms with E-state index in [1.54, 1.807) is 7.11 Å². The third-order valence-electron chi connectivity index (χ3n) is 5.98. The number of rotatable bonds is 5. The molecular formula is C22H31N5O2. The zero-order valence-electron chi connectivity index (χ0n) is 17.5. The number of methoxy groups -OCH3 is 1. The molecule has 2 aliphatic rings. The summed E-state index contributed by atoms with van der Waals surface area (Å²) in [6.45, 7) is 7.86. The second-order valence-electron chi connectivity index (χ2n) is 7.95. The maximum absolute atomic E-state index is 12.7. The molecule has 7 heteroatoms. The first kappa shape index (κ1) is 19.9. The molecule has 1 aromatic heterocycles. The van der Waals surface area contributed by atoms with E-state index in [9.17, 15) is 4.79 Å². The van der Waals surface area contributed by atoms with Crippen LogP contribution in [0, 0.1) is 6.92 Å². The fourth-order valence-electron chi connectivity index (χ4n) is 4.32. The van der Waals surface area contributed by atoms with Gasteiger partial charge in [-0.25, -0.2) is 9.78 Å². The van der Waals surface area contributed by atoms with Gasteiger partial charge in [0.15, 0.2) is 0 Å². The minimum atomic E-state index is -0.0360. The highest BCUT2D eigenvalue weighted by Gasteiger charge is 2.24. The standard InChI is InChI=1S/C22H31N5O2/c1-17-20(27-10-6-5-9-21(27)23-17)15-25-11-13-26(14-12-25)22(28)24-19-8-4-3-7-18(19)16-29-2/h3-4,7-8H,5-6,9-16H2,1-2H3,(H,24,28). The number of hydrogen-bond donors (Lipinski definition) is 1. The summed E-state index contributed by atoms with van der Waals surface area (Å²) in [5, 5.41) is 3.05. The minimum Gasteiger partial charge on any atom is -0.380 e. The van der Waals surface area contributed by atoms with Crippen LogP contribution in [0.2, 0.25) is 0 Å². The van der Waals surface area contributed by atoms with Crippen molar-refractivity contribution in [3.8, 4) is 0 Å². The third kappa shape index (κ3) is 4.46. The Morgan fingerprint density at radius 1 is 1.14 bits per heavy atom. The largest absolute Gasteiger partial charge is 0.380 e. The smallest absolute Gasteiger partial charge is 0.321 e. The van der Waals surface area contributed by atoms with E-state index in [1.165, 1.54) is 24.4 Å². The Hall–Kier alpha value is -2.38. The predicted molar refractivity (Wildman–Crippen MR) is 113 cm³/mol. The summed E-state index contributed by atoms with van der Waals surface area (Å²) in [6, 6.07) is 7.76. The van der Waals surface area contributed by atoms with Crippen LogP contribution in [0.15, 0.2) is 24.3 Å². The molecule has 7 nitrogen and oxygen atoms in total. The number of carbonyl (C=O) groups excluding carboxylic acids is 1. The summed E-state index contributed by atoms with van der Waals surface area (Å²) in [4.78, 5) is 21.9. The van der Waals surface area contributed by atoms with E-state index >= 15 is 0 Å². The number of nitrogens with one attached hydrogen (secondary N) is 1. The molecule has 1 saturated heterocycles. The van der Waals surface area contributed by atoms with E-state index in [0.29, 0.717) is 6.61 Å². The van der Waals surface area contributed by atoms with Gasteiger partial charge in [-0.1, -0.05) is 18.2 Å². The molecule has 156 valence electrons. The van der Waals surface area contributed by atoms with Crippen LogP contribution in [0.25, 0.3) is 0 Å². The second kappa shape index (κ2) is 8.97. The lowest BCUT2D eigenvalue weighted by Gasteiger charge is -2.35. The molecule has 2 aromatic rings. The summed E-state index contributed by atoms with van der Waals surface area (Å²) in [7, 11) is 1.66. The van der Waals surface area contributed by atoms with Crippen molar-refractivity contribution in [2.75, 3.05) is 38.6 Å². The Morgan fingerprint density at radius 3 is 2.72 bits per heavy atom. The lowest BCUT2D eigenvalue weighted by Crippen LogP contribution is -2.49. The number of carbonyl (C=O) groups is 1. The molecule has 0 saturated carbocycles. The van der Waals surface area contributed by atoms with Gasteiger partial charge in [-0.3, -0.25) is 4.90 Å². The Balaban J connectivity index is 1.33. The molecule has 1 fully saturated rings. The maximum Gasteiger partial charge on any atom is 0.321 e. The number of para-hydroxylation sites is 1. The molecule has 0 unspecified atom stereocenters. The second-order valence-corrected chi connectivity index (χ2v) is 7.95. The molecule has 0 aliphatic carbocycles. The van der Waals surface area contributed by atoms with Crippen molar-refractivity contribution < 1.29 is 9.53 Å². The highest BCUT2D eigenvalue weighted by Crippen LogP contribution is 2.22. The summed E-state index contributed by atoms with van der Waals surface area (Å²) in [5.41, 5.74) is 4.33. The highest BCUT2D eigenvalue weighted by molar-refractivity contribution is 5.90. The van der Waals surface area contributed by atoms with E-state index in [4.69, 9.17) is 9.72 Å². The molecule has 0 spiro atoms. The minimum absolute atomic E-state index is 0.0360. The van der Waals surface area contributed by atoms with Gasteiger partial charge in [0, 0.05) is 64.0 Å². The summed E-state index contributed by atoms with van der Waals surface area (Å²) >= 11 is 0. The van der Waals surface area contributed by atoms with Crippen LogP contribution < -0.4 is 5.32 Å². The number of piperazine rings is 1. The number of nitrogens with zero attached hydrogens (tertiary/aromatic N) is 4. The fourth-order valence-corrected chi connectivity index (χ4v) is 4.32. The average molecular weight is 398 g/mol. The number of benzene rings is 1. The number of aryl methyl sites for hydroxylation is 2. The van der Waals surface area contributed by atoms with Crippen molar-refractivity contribution in [2.24, 2.45) is 0 Å². The van der Waals surface area contributed by atoms with E-state index in [1.807, 2.05) is 29.2 Å². The van der Waals surface area contributed by atoms with Gasteiger partial charge in [0.2, 0.25) is 0 Å². The number of anilines is 1. The zero-order chi connectivity index (χ0) is 20.2. The maximum atomic E-state index is 12.7. The molecule has 0 atom stereocenters. The van der Waals surface area contributed by atoms with Crippen LogP contribution in [0.5, 0.6) is 0 Å². The third-order valence-corrected chi connectivity index (χ3v) is 5.98. The quantitative estimate of drug-likeness (QED) is 0.842. The molecule has 2 amide bonds. The van der Waals surface area contributed by atoms with Crippen molar-refractivity contribution >= 4 is 11.7 Å². The summed E-state index contributed by atoms with van der Waals surface area (Å²) in [5.74, 6) is 1.25. The van der Waals surface area contributed by atoms with Crippen molar-refractivity contribution in [3.63, 3.8) is 0 Å². The number of ether oxygens (including phenoxy) is 1. The van der Waals surface area contributed by atoms with Gasteiger partial charge in [-0.2, -0.15) is 0 Å². The van der Waals surface area contributed by atoms with Crippen LogP contribution in [-0.2, 0) is 30.9 Å². The summed E-state index contributed by atoms with van der Waals surface area (Å²) < 4.78 is 7.65. The van der Waals surface area contributed by atoms with Crippen LogP contribution in [0.3, 0.4) is 0 Å². The molecule has 1 N–H and O–H groups in total. The number of fused-ring (bicyclic) bond motifs is 1. The molecule has 2 aliphatic heterocycles. The first-order chi connectivity index (χ1) is 14.2. The molecular weight excluding hydrogens is 366 g/mol. The molecule has 0 bridgehead atoms. The fraction of sp³-hybridized carbons (Fsp3) is 0.545. The molecule has 3 heterocycles. The lowest BCUT2D eigenvalue weighted by molar-refractivity contribution is 0.140. The normalized spacial score (nSPS) is 17.2. The van der Waals surface area contributed by atoms with E-state index < -0.39 is 0 Å². The van der Waals surface area contributed by atoms with Gasteiger partial charge >= 0.3 is 6.03 Å². The van der Waals surface area contributed by atoms with Gasteiger partial charge in [0.05, 0.1) is 18.0 Å². The Morgan fingerprint density at radius 2 is 1.93 bits per heavy atom. The van der Waals surface area contributed by atoms with Crippen molar-refractivity contribution in [1.29, 1.82) is 0 Å². The van der Waals surface area contributed by atoms with E-state index in [-0.39, 0.29) is 6.03 Å². The van der Waals surface area contributed by atoms with Crippen LogP contribution in [0.4, 0.5) is 10.5 Å². The molecule has 0 radical (unpaired) electrons. The van der Waals surface area contributed by atoms with Crippen molar-refractivity contribution in [2.45, 2.75) is 45.9 Å².